The minimum Gasteiger partial charge on any atom is -0.490 e. The number of rotatable bonds is 9. The zero-order valence-corrected chi connectivity index (χ0v) is 19.0. The first-order valence-corrected chi connectivity index (χ1v) is 10.7. The predicted octanol–water partition coefficient (Wildman–Crippen LogP) is 6.05. The fourth-order valence-electron chi connectivity index (χ4n) is 2.59. The summed E-state index contributed by atoms with van der Waals surface area (Å²) in [5.74, 6) is 1.43. The van der Waals surface area contributed by atoms with Crippen LogP contribution in [0.4, 0.5) is 0 Å². The van der Waals surface area contributed by atoms with Crippen LogP contribution in [-0.2, 0) is 13.2 Å². The van der Waals surface area contributed by atoms with Crippen LogP contribution < -0.4 is 14.9 Å². The molecule has 0 fully saturated rings. The third kappa shape index (κ3) is 6.94. The molecule has 0 unspecified atom stereocenters. The van der Waals surface area contributed by atoms with E-state index in [1.165, 1.54) is 3.57 Å². The summed E-state index contributed by atoms with van der Waals surface area (Å²) in [5, 5.41) is 5.01. The van der Waals surface area contributed by atoms with Crippen LogP contribution in [0.1, 0.15) is 23.6 Å². The Kier molecular flexibility index (Phi) is 8.19. The summed E-state index contributed by atoms with van der Waals surface area (Å²) < 4.78 is 12.9. The molecule has 0 spiro atoms. The average Bonchev–Trinajstić information content (AvgIpc) is 2.73. The first-order valence-electron chi connectivity index (χ1n) is 9.28. The largest absolute Gasteiger partial charge is 0.490 e. The topological polar surface area (TPSA) is 42.8 Å². The quantitative estimate of drug-likeness (QED) is 0.212. The molecule has 3 rings (SSSR count). The molecular formula is C23H22ClIN2O2. The van der Waals surface area contributed by atoms with E-state index in [9.17, 15) is 0 Å². The van der Waals surface area contributed by atoms with E-state index in [1.807, 2.05) is 49.4 Å². The fourth-order valence-corrected chi connectivity index (χ4v) is 3.08. The molecule has 0 bridgehead atoms. The van der Waals surface area contributed by atoms with E-state index in [2.05, 4.69) is 57.4 Å². The van der Waals surface area contributed by atoms with Gasteiger partial charge < -0.3 is 14.9 Å². The molecular weight excluding hydrogens is 499 g/mol. The first kappa shape index (κ1) is 21.5. The van der Waals surface area contributed by atoms with E-state index in [0.717, 1.165) is 27.5 Å². The van der Waals surface area contributed by atoms with Gasteiger partial charge in [0.2, 0.25) is 0 Å². The van der Waals surface area contributed by atoms with Crippen molar-refractivity contribution in [2.75, 3.05) is 6.61 Å². The van der Waals surface area contributed by atoms with Crippen LogP contribution in [0.5, 0.6) is 11.5 Å². The van der Waals surface area contributed by atoms with E-state index in [0.29, 0.717) is 25.5 Å². The second-order valence-electron chi connectivity index (χ2n) is 6.27. The van der Waals surface area contributed by atoms with Crippen molar-refractivity contribution in [1.29, 1.82) is 0 Å². The monoisotopic (exact) mass is 520 g/mol. The molecule has 0 aromatic heterocycles. The molecule has 0 atom stereocenters. The highest BCUT2D eigenvalue weighted by atomic mass is 127. The van der Waals surface area contributed by atoms with Crippen molar-refractivity contribution in [2.45, 2.75) is 20.1 Å². The molecule has 3 aromatic rings. The van der Waals surface area contributed by atoms with Crippen molar-refractivity contribution in [2.24, 2.45) is 5.10 Å². The highest BCUT2D eigenvalue weighted by Gasteiger charge is 2.06. The molecule has 1 N–H and O–H groups in total. The minimum absolute atomic E-state index is 0.493. The van der Waals surface area contributed by atoms with Gasteiger partial charge in [-0.15, -0.1) is 0 Å². The maximum Gasteiger partial charge on any atom is 0.161 e. The van der Waals surface area contributed by atoms with Crippen LogP contribution in [0.3, 0.4) is 0 Å². The third-order valence-electron chi connectivity index (χ3n) is 4.08. The lowest BCUT2D eigenvalue weighted by molar-refractivity contribution is 0.269. The van der Waals surface area contributed by atoms with Gasteiger partial charge in [0.25, 0.3) is 0 Å². The maximum atomic E-state index is 5.97. The molecule has 29 heavy (non-hydrogen) atoms. The second kappa shape index (κ2) is 11.1. The van der Waals surface area contributed by atoms with Gasteiger partial charge >= 0.3 is 0 Å². The Hall–Kier alpha value is -2.25. The van der Waals surface area contributed by atoms with Gasteiger partial charge in [0, 0.05) is 8.59 Å². The van der Waals surface area contributed by atoms with Crippen LogP contribution in [0, 0.1) is 3.57 Å². The van der Waals surface area contributed by atoms with Gasteiger partial charge in [-0.1, -0.05) is 35.9 Å². The van der Waals surface area contributed by atoms with Crippen LogP contribution >= 0.6 is 34.2 Å². The molecule has 0 saturated carbocycles. The number of benzene rings is 3. The van der Waals surface area contributed by atoms with Gasteiger partial charge in [0.15, 0.2) is 11.5 Å². The minimum atomic E-state index is 0.493. The number of hydrazone groups is 1. The molecule has 0 radical (unpaired) electrons. The van der Waals surface area contributed by atoms with Gasteiger partial charge in [0.05, 0.1) is 19.4 Å². The summed E-state index contributed by atoms with van der Waals surface area (Å²) in [6, 6.07) is 21.7. The summed E-state index contributed by atoms with van der Waals surface area (Å²) in [5.41, 5.74) is 6.20. The molecule has 4 nitrogen and oxygen atoms in total. The van der Waals surface area contributed by atoms with Crippen molar-refractivity contribution in [3.63, 3.8) is 0 Å². The Morgan fingerprint density at radius 1 is 0.931 bits per heavy atom. The highest BCUT2D eigenvalue weighted by molar-refractivity contribution is 14.1. The smallest absolute Gasteiger partial charge is 0.161 e. The van der Waals surface area contributed by atoms with Gasteiger partial charge in [-0.05, 0) is 88.7 Å². The molecule has 0 heterocycles. The van der Waals surface area contributed by atoms with E-state index < -0.39 is 0 Å². The Morgan fingerprint density at radius 2 is 1.66 bits per heavy atom. The van der Waals surface area contributed by atoms with E-state index in [4.69, 9.17) is 21.1 Å². The Morgan fingerprint density at radius 3 is 2.38 bits per heavy atom. The Bertz CT molecular complexity index is 944. The average molecular weight is 521 g/mol. The number of hydrogen-bond donors (Lipinski definition) is 1. The lowest BCUT2D eigenvalue weighted by atomic mass is 10.2. The number of nitrogens with one attached hydrogen (secondary N) is 1. The van der Waals surface area contributed by atoms with Gasteiger partial charge in [0.1, 0.15) is 6.61 Å². The van der Waals surface area contributed by atoms with E-state index in [1.54, 1.807) is 6.21 Å². The highest BCUT2D eigenvalue weighted by Crippen LogP contribution is 2.29. The molecule has 0 aliphatic heterocycles. The maximum absolute atomic E-state index is 5.97. The zero-order chi connectivity index (χ0) is 20.5. The Labute approximate surface area is 190 Å². The number of ether oxygens (including phenoxy) is 2. The molecule has 3 aromatic carbocycles. The Balaban J connectivity index is 1.60. The first-order chi connectivity index (χ1) is 14.1. The predicted molar refractivity (Wildman–Crippen MR) is 127 cm³/mol. The van der Waals surface area contributed by atoms with Crippen LogP contribution in [-0.4, -0.2) is 12.8 Å². The summed E-state index contributed by atoms with van der Waals surface area (Å²) >= 11 is 8.19. The van der Waals surface area contributed by atoms with E-state index >= 15 is 0 Å². The SMILES string of the molecule is CCOc1cc(/C=N\NCc2ccc(Cl)cc2)ccc1OCc1ccc(I)cc1. The van der Waals surface area contributed by atoms with Crippen LogP contribution in [0.15, 0.2) is 71.8 Å². The van der Waals surface area contributed by atoms with Crippen LogP contribution in [0.2, 0.25) is 5.02 Å². The van der Waals surface area contributed by atoms with Crippen molar-refractivity contribution in [1.82, 2.24) is 5.43 Å². The van der Waals surface area contributed by atoms with E-state index in [-0.39, 0.29) is 0 Å². The lowest BCUT2D eigenvalue weighted by Crippen LogP contribution is -2.05. The van der Waals surface area contributed by atoms with Crippen molar-refractivity contribution < 1.29 is 9.47 Å². The second-order valence-corrected chi connectivity index (χ2v) is 7.96. The standard InChI is InChI=1S/C23H22ClIN2O2/c1-2-28-23-13-19(15-27-26-14-17-3-8-20(24)9-4-17)7-12-22(23)29-16-18-5-10-21(25)11-6-18/h3-13,15,26H,2,14,16H2,1H3/b27-15-. The molecule has 0 aliphatic carbocycles. The molecule has 0 saturated heterocycles. The summed E-state index contributed by atoms with van der Waals surface area (Å²) in [6.45, 7) is 3.64. The van der Waals surface area contributed by atoms with Crippen molar-refractivity contribution in [3.8, 4) is 11.5 Å². The lowest BCUT2D eigenvalue weighted by Gasteiger charge is -2.12. The summed E-state index contributed by atoms with van der Waals surface area (Å²) in [6.07, 6.45) is 1.77. The van der Waals surface area contributed by atoms with Crippen molar-refractivity contribution >= 4 is 40.4 Å². The normalized spacial score (nSPS) is 10.9. The van der Waals surface area contributed by atoms with Gasteiger partial charge in [-0.25, -0.2) is 0 Å². The van der Waals surface area contributed by atoms with Crippen LogP contribution in [0.25, 0.3) is 0 Å². The molecule has 0 amide bonds. The summed E-state index contributed by atoms with van der Waals surface area (Å²) in [4.78, 5) is 0. The number of hydrogen-bond acceptors (Lipinski definition) is 4. The molecule has 0 aliphatic rings. The molecule has 6 heteroatoms. The number of nitrogens with zero attached hydrogens (tertiary/aromatic N) is 1. The van der Waals surface area contributed by atoms with Gasteiger partial charge in [-0.2, -0.15) is 5.10 Å². The zero-order valence-electron chi connectivity index (χ0n) is 16.1. The van der Waals surface area contributed by atoms with Gasteiger partial charge in [-0.3, -0.25) is 0 Å². The molecule has 150 valence electrons. The summed E-state index contributed by atoms with van der Waals surface area (Å²) in [7, 11) is 0. The fraction of sp³-hybridized carbons (Fsp3) is 0.174. The number of halogens is 2. The van der Waals surface area contributed by atoms with Crippen molar-refractivity contribution in [3.05, 3.63) is 92.0 Å². The third-order valence-corrected chi connectivity index (χ3v) is 5.05.